The van der Waals surface area contributed by atoms with Crippen molar-refractivity contribution < 1.29 is 9.84 Å². The van der Waals surface area contributed by atoms with Crippen molar-refractivity contribution in [2.45, 2.75) is 38.4 Å². The van der Waals surface area contributed by atoms with Gasteiger partial charge >= 0.3 is 0 Å². The van der Waals surface area contributed by atoms with Crippen molar-refractivity contribution >= 4 is 0 Å². The van der Waals surface area contributed by atoms with Crippen LogP contribution in [0, 0.1) is 0 Å². The van der Waals surface area contributed by atoms with Gasteiger partial charge in [0.25, 0.3) is 0 Å². The van der Waals surface area contributed by atoms with Gasteiger partial charge in [0.15, 0.2) is 0 Å². The van der Waals surface area contributed by atoms with Crippen LogP contribution in [0.4, 0.5) is 0 Å². The molecular formula is C12H16O2. The Morgan fingerprint density at radius 3 is 2.43 bits per heavy atom. The van der Waals surface area contributed by atoms with Crippen LogP contribution in [0.2, 0.25) is 0 Å². The van der Waals surface area contributed by atoms with Crippen LogP contribution >= 0.6 is 0 Å². The molecule has 1 aliphatic carbocycles. The van der Waals surface area contributed by atoms with E-state index in [0.717, 1.165) is 5.56 Å². The summed E-state index contributed by atoms with van der Waals surface area (Å²) in [5.41, 5.74) is 1.13. The maximum Gasteiger partial charge on any atom is 0.115 e. The first kappa shape index (κ1) is 9.53. The summed E-state index contributed by atoms with van der Waals surface area (Å²) >= 11 is 0. The number of benzene rings is 1. The minimum atomic E-state index is 0.314. The van der Waals surface area contributed by atoms with Gasteiger partial charge < -0.3 is 9.84 Å². The van der Waals surface area contributed by atoms with Crippen molar-refractivity contribution in [3.05, 3.63) is 29.8 Å². The third-order valence-corrected chi connectivity index (χ3v) is 2.72. The molecular weight excluding hydrogens is 176 g/mol. The van der Waals surface area contributed by atoms with Gasteiger partial charge in [-0.15, -0.1) is 0 Å². The molecule has 0 atom stereocenters. The van der Waals surface area contributed by atoms with Crippen molar-refractivity contribution in [3.8, 4) is 5.75 Å². The summed E-state index contributed by atoms with van der Waals surface area (Å²) in [6, 6.07) is 7.22. The van der Waals surface area contributed by atoms with E-state index in [1.54, 1.807) is 12.1 Å². The van der Waals surface area contributed by atoms with E-state index in [-0.39, 0.29) is 0 Å². The van der Waals surface area contributed by atoms with Gasteiger partial charge in [-0.1, -0.05) is 25.0 Å². The van der Waals surface area contributed by atoms with Gasteiger partial charge in [-0.3, -0.25) is 0 Å². The van der Waals surface area contributed by atoms with E-state index in [2.05, 4.69) is 0 Å². The lowest BCUT2D eigenvalue weighted by atomic mass is 10.2. The molecule has 1 aliphatic rings. The van der Waals surface area contributed by atoms with Crippen molar-refractivity contribution in [3.63, 3.8) is 0 Å². The van der Waals surface area contributed by atoms with E-state index >= 15 is 0 Å². The lowest BCUT2D eigenvalue weighted by molar-refractivity contribution is 0.0457. The fourth-order valence-corrected chi connectivity index (χ4v) is 1.86. The van der Waals surface area contributed by atoms with Crippen LogP contribution < -0.4 is 0 Å². The zero-order valence-corrected chi connectivity index (χ0v) is 8.28. The molecule has 1 aromatic carbocycles. The second kappa shape index (κ2) is 4.47. The van der Waals surface area contributed by atoms with Gasteiger partial charge in [0, 0.05) is 0 Å². The summed E-state index contributed by atoms with van der Waals surface area (Å²) in [4.78, 5) is 0. The number of phenols is 1. The maximum absolute atomic E-state index is 9.10. The van der Waals surface area contributed by atoms with Gasteiger partial charge in [0.05, 0.1) is 12.7 Å². The van der Waals surface area contributed by atoms with Gasteiger partial charge in [-0.2, -0.15) is 0 Å². The first-order chi connectivity index (χ1) is 6.84. The predicted molar refractivity (Wildman–Crippen MR) is 55.2 cm³/mol. The third kappa shape index (κ3) is 2.48. The van der Waals surface area contributed by atoms with Gasteiger partial charge in [-0.05, 0) is 30.5 Å². The zero-order chi connectivity index (χ0) is 9.80. The second-order valence-electron chi connectivity index (χ2n) is 3.88. The summed E-state index contributed by atoms with van der Waals surface area (Å²) in [5, 5.41) is 9.10. The topological polar surface area (TPSA) is 29.5 Å². The van der Waals surface area contributed by atoms with Crippen LogP contribution in [-0.4, -0.2) is 11.2 Å². The van der Waals surface area contributed by atoms with Gasteiger partial charge in [0.1, 0.15) is 5.75 Å². The lowest BCUT2D eigenvalue weighted by Crippen LogP contribution is -2.06. The monoisotopic (exact) mass is 192 g/mol. The minimum absolute atomic E-state index is 0.314. The third-order valence-electron chi connectivity index (χ3n) is 2.72. The number of aromatic hydroxyl groups is 1. The molecule has 0 unspecified atom stereocenters. The number of rotatable bonds is 3. The molecule has 0 aliphatic heterocycles. The largest absolute Gasteiger partial charge is 0.508 e. The van der Waals surface area contributed by atoms with E-state index in [4.69, 9.17) is 9.84 Å². The number of hydrogen-bond donors (Lipinski definition) is 1. The van der Waals surface area contributed by atoms with E-state index in [1.165, 1.54) is 25.7 Å². The molecule has 0 heterocycles. The van der Waals surface area contributed by atoms with E-state index in [1.807, 2.05) is 12.1 Å². The van der Waals surface area contributed by atoms with Crippen LogP contribution in [-0.2, 0) is 11.3 Å². The summed E-state index contributed by atoms with van der Waals surface area (Å²) in [6.07, 6.45) is 5.49. The Balaban J connectivity index is 1.82. The first-order valence-electron chi connectivity index (χ1n) is 5.24. The molecule has 1 N–H and O–H groups in total. The quantitative estimate of drug-likeness (QED) is 0.798. The Morgan fingerprint density at radius 2 is 1.79 bits per heavy atom. The van der Waals surface area contributed by atoms with Crippen LogP contribution in [0.1, 0.15) is 31.2 Å². The molecule has 14 heavy (non-hydrogen) atoms. The van der Waals surface area contributed by atoms with E-state index in [0.29, 0.717) is 18.5 Å². The molecule has 0 aromatic heterocycles. The molecule has 2 heteroatoms. The summed E-state index contributed by atoms with van der Waals surface area (Å²) in [7, 11) is 0. The standard InChI is InChI=1S/C12H16O2/c13-11-7-5-10(6-8-11)9-14-12-3-1-2-4-12/h5-8,12-13H,1-4,9H2. The van der Waals surface area contributed by atoms with Gasteiger partial charge in [0.2, 0.25) is 0 Å². The Kier molecular flexibility index (Phi) is 3.04. The van der Waals surface area contributed by atoms with E-state index < -0.39 is 0 Å². The summed E-state index contributed by atoms with van der Waals surface area (Å²) in [6.45, 7) is 0.672. The van der Waals surface area contributed by atoms with Crippen molar-refractivity contribution in [1.82, 2.24) is 0 Å². The zero-order valence-electron chi connectivity index (χ0n) is 8.28. The van der Waals surface area contributed by atoms with Crippen molar-refractivity contribution in [2.75, 3.05) is 0 Å². The highest BCUT2D eigenvalue weighted by molar-refractivity contribution is 5.25. The molecule has 1 saturated carbocycles. The smallest absolute Gasteiger partial charge is 0.115 e. The molecule has 0 radical (unpaired) electrons. The van der Waals surface area contributed by atoms with Crippen LogP contribution in [0.3, 0.4) is 0 Å². The van der Waals surface area contributed by atoms with Crippen molar-refractivity contribution in [2.24, 2.45) is 0 Å². The second-order valence-corrected chi connectivity index (χ2v) is 3.88. The highest BCUT2D eigenvalue weighted by Crippen LogP contribution is 2.22. The summed E-state index contributed by atoms with van der Waals surface area (Å²) in [5.74, 6) is 0.314. The molecule has 0 bridgehead atoms. The Hall–Kier alpha value is -1.02. The molecule has 0 amide bonds. The van der Waals surface area contributed by atoms with Crippen LogP contribution in [0.15, 0.2) is 24.3 Å². The maximum atomic E-state index is 9.10. The molecule has 76 valence electrons. The number of hydrogen-bond acceptors (Lipinski definition) is 2. The molecule has 0 spiro atoms. The molecule has 1 aromatic rings. The average Bonchev–Trinajstić information content (AvgIpc) is 2.70. The molecule has 2 nitrogen and oxygen atoms in total. The predicted octanol–water partition coefficient (Wildman–Crippen LogP) is 2.85. The van der Waals surface area contributed by atoms with Crippen LogP contribution in [0.25, 0.3) is 0 Å². The fraction of sp³-hybridized carbons (Fsp3) is 0.500. The highest BCUT2D eigenvalue weighted by Gasteiger charge is 2.14. The number of ether oxygens (including phenoxy) is 1. The molecule has 0 saturated heterocycles. The fourth-order valence-electron chi connectivity index (χ4n) is 1.86. The first-order valence-corrected chi connectivity index (χ1v) is 5.24. The Bertz CT molecular complexity index is 273. The molecule has 1 fully saturated rings. The normalized spacial score (nSPS) is 17.4. The average molecular weight is 192 g/mol. The molecule has 2 rings (SSSR count). The Morgan fingerprint density at radius 1 is 1.14 bits per heavy atom. The van der Waals surface area contributed by atoms with Crippen LogP contribution in [0.5, 0.6) is 5.75 Å². The van der Waals surface area contributed by atoms with Gasteiger partial charge in [-0.25, -0.2) is 0 Å². The highest BCUT2D eigenvalue weighted by atomic mass is 16.5. The lowest BCUT2D eigenvalue weighted by Gasteiger charge is -2.10. The Labute approximate surface area is 84.5 Å². The summed E-state index contributed by atoms with van der Waals surface area (Å²) < 4.78 is 5.75. The minimum Gasteiger partial charge on any atom is -0.508 e. The van der Waals surface area contributed by atoms with E-state index in [9.17, 15) is 0 Å². The van der Waals surface area contributed by atoms with Crippen molar-refractivity contribution in [1.29, 1.82) is 0 Å². The SMILES string of the molecule is Oc1ccc(COC2CCCC2)cc1. The number of phenolic OH excluding ortho intramolecular Hbond substituents is 1.